The molecule has 1 aromatic heterocycles. The van der Waals surface area contributed by atoms with Gasteiger partial charge in [-0.3, -0.25) is 9.59 Å². The quantitative estimate of drug-likeness (QED) is 0.850. The van der Waals surface area contributed by atoms with E-state index in [4.69, 9.17) is 9.15 Å². The Morgan fingerprint density at radius 1 is 1.04 bits per heavy atom. The van der Waals surface area contributed by atoms with Gasteiger partial charge in [-0.1, -0.05) is 30.3 Å². The van der Waals surface area contributed by atoms with Gasteiger partial charge in [0.1, 0.15) is 12.1 Å². The van der Waals surface area contributed by atoms with E-state index >= 15 is 0 Å². The summed E-state index contributed by atoms with van der Waals surface area (Å²) in [4.78, 5) is 29.2. The average Bonchev–Trinajstić information content (AvgIpc) is 3.40. The van der Waals surface area contributed by atoms with Crippen LogP contribution in [0.15, 0.2) is 53.1 Å². The number of amides is 2. The molecule has 0 N–H and O–H groups in total. The molecule has 0 bridgehead atoms. The van der Waals surface area contributed by atoms with Crippen LogP contribution >= 0.6 is 0 Å². The number of morpholine rings is 1. The van der Waals surface area contributed by atoms with Gasteiger partial charge in [0.15, 0.2) is 5.76 Å². The third-order valence-corrected chi connectivity index (χ3v) is 5.08. The van der Waals surface area contributed by atoms with E-state index in [0.29, 0.717) is 32.7 Å². The number of hydrogen-bond donors (Lipinski definition) is 0. The van der Waals surface area contributed by atoms with Gasteiger partial charge in [0.25, 0.3) is 5.91 Å². The molecule has 0 spiro atoms. The van der Waals surface area contributed by atoms with E-state index in [0.717, 1.165) is 12.0 Å². The minimum Gasteiger partial charge on any atom is -0.459 e. The van der Waals surface area contributed by atoms with E-state index in [9.17, 15) is 9.59 Å². The van der Waals surface area contributed by atoms with Crippen LogP contribution in [0.25, 0.3) is 0 Å². The first kappa shape index (κ1) is 16.8. The first-order valence-electron chi connectivity index (χ1n) is 9.04. The van der Waals surface area contributed by atoms with Crippen LogP contribution < -0.4 is 0 Å². The van der Waals surface area contributed by atoms with E-state index < -0.39 is 6.04 Å². The van der Waals surface area contributed by atoms with Crippen molar-refractivity contribution in [2.75, 3.05) is 26.2 Å². The maximum absolute atomic E-state index is 13.1. The maximum atomic E-state index is 13.1. The molecule has 2 fully saturated rings. The molecule has 2 aliphatic rings. The molecule has 136 valence electrons. The highest BCUT2D eigenvalue weighted by molar-refractivity contribution is 5.96. The fourth-order valence-electron chi connectivity index (χ4n) is 3.74. The predicted molar refractivity (Wildman–Crippen MR) is 94.5 cm³/mol. The molecule has 0 saturated carbocycles. The molecule has 1 aromatic carbocycles. The zero-order valence-electron chi connectivity index (χ0n) is 14.5. The van der Waals surface area contributed by atoms with E-state index in [1.165, 1.54) is 6.26 Å². The largest absolute Gasteiger partial charge is 0.459 e. The molecular weight excluding hydrogens is 332 g/mol. The number of hydrogen-bond acceptors (Lipinski definition) is 4. The van der Waals surface area contributed by atoms with Gasteiger partial charge in [0, 0.05) is 13.1 Å². The number of likely N-dealkylation sites (tertiary alicyclic amines) is 1. The molecule has 4 rings (SSSR count). The Morgan fingerprint density at radius 3 is 2.65 bits per heavy atom. The van der Waals surface area contributed by atoms with Crippen molar-refractivity contribution in [2.45, 2.75) is 25.0 Å². The number of rotatable bonds is 3. The topological polar surface area (TPSA) is 63.0 Å². The summed E-state index contributed by atoms with van der Waals surface area (Å²) in [5, 5.41) is 0. The van der Waals surface area contributed by atoms with Crippen LogP contribution in [0.5, 0.6) is 0 Å². The highest BCUT2D eigenvalue weighted by Crippen LogP contribution is 2.26. The zero-order chi connectivity index (χ0) is 17.9. The van der Waals surface area contributed by atoms with E-state index in [-0.39, 0.29) is 23.7 Å². The lowest BCUT2D eigenvalue weighted by Gasteiger charge is -2.36. The molecular formula is C20H22N2O4. The first-order chi connectivity index (χ1) is 12.7. The van der Waals surface area contributed by atoms with Crippen LogP contribution in [0.4, 0.5) is 0 Å². The lowest BCUT2D eigenvalue weighted by Crippen LogP contribution is -2.51. The third-order valence-electron chi connectivity index (χ3n) is 5.08. The SMILES string of the molecule is O=C(C1CCCN1C(=O)c1ccco1)N1CCOC(c2ccccc2)C1. The van der Waals surface area contributed by atoms with Crippen LogP contribution in [0.2, 0.25) is 0 Å². The second-order valence-corrected chi connectivity index (χ2v) is 6.69. The van der Waals surface area contributed by atoms with Gasteiger partial charge in [-0.15, -0.1) is 0 Å². The van der Waals surface area contributed by atoms with Gasteiger partial charge in [0.2, 0.25) is 5.91 Å². The van der Waals surface area contributed by atoms with Crippen molar-refractivity contribution >= 4 is 11.8 Å². The lowest BCUT2D eigenvalue weighted by molar-refractivity contribution is -0.143. The van der Waals surface area contributed by atoms with Gasteiger partial charge in [0.05, 0.1) is 19.4 Å². The summed E-state index contributed by atoms with van der Waals surface area (Å²) in [6.45, 7) is 2.16. The molecule has 6 nitrogen and oxygen atoms in total. The van der Waals surface area contributed by atoms with Crippen molar-refractivity contribution in [2.24, 2.45) is 0 Å². The number of ether oxygens (including phenoxy) is 1. The number of benzene rings is 1. The van der Waals surface area contributed by atoms with E-state index in [1.54, 1.807) is 17.0 Å². The summed E-state index contributed by atoms with van der Waals surface area (Å²) in [7, 11) is 0. The fourth-order valence-corrected chi connectivity index (χ4v) is 3.74. The summed E-state index contributed by atoms with van der Waals surface area (Å²) in [6.07, 6.45) is 2.88. The molecule has 3 heterocycles. The van der Waals surface area contributed by atoms with Gasteiger partial charge < -0.3 is 19.0 Å². The number of furan rings is 1. The molecule has 26 heavy (non-hydrogen) atoms. The Bertz CT molecular complexity index is 759. The molecule has 2 aliphatic heterocycles. The van der Waals surface area contributed by atoms with Crippen molar-refractivity contribution in [3.05, 3.63) is 60.1 Å². The second kappa shape index (κ2) is 7.33. The predicted octanol–water partition coefficient (Wildman–Crippen LogP) is 2.48. The number of nitrogens with zero attached hydrogens (tertiary/aromatic N) is 2. The van der Waals surface area contributed by atoms with Crippen LogP contribution in [-0.2, 0) is 9.53 Å². The second-order valence-electron chi connectivity index (χ2n) is 6.69. The van der Waals surface area contributed by atoms with E-state index in [1.807, 2.05) is 35.2 Å². The number of carbonyl (C=O) groups is 2. The minimum atomic E-state index is -0.415. The monoisotopic (exact) mass is 354 g/mol. The molecule has 0 radical (unpaired) electrons. The van der Waals surface area contributed by atoms with Crippen molar-refractivity contribution in [3.8, 4) is 0 Å². The highest BCUT2D eigenvalue weighted by Gasteiger charge is 2.39. The highest BCUT2D eigenvalue weighted by atomic mass is 16.5. The fraction of sp³-hybridized carbons (Fsp3) is 0.400. The minimum absolute atomic E-state index is 0.00615. The molecule has 2 unspecified atom stereocenters. The van der Waals surface area contributed by atoms with Gasteiger partial charge >= 0.3 is 0 Å². The van der Waals surface area contributed by atoms with Crippen molar-refractivity contribution in [1.82, 2.24) is 9.80 Å². The van der Waals surface area contributed by atoms with Gasteiger partial charge in [-0.2, -0.15) is 0 Å². The molecule has 2 amide bonds. The molecule has 2 saturated heterocycles. The standard InChI is InChI=1S/C20H22N2O4/c23-19(16-8-4-10-22(16)20(24)17-9-5-12-25-17)21-11-13-26-18(14-21)15-6-2-1-3-7-15/h1-3,5-7,9,12,16,18H,4,8,10-11,13-14H2. The average molecular weight is 354 g/mol. The zero-order valence-corrected chi connectivity index (χ0v) is 14.5. The summed E-state index contributed by atoms with van der Waals surface area (Å²) in [6, 6.07) is 12.9. The lowest BCUT2D eigenvalue weighted by atomic mass is 10.1. The molecule has 2 atom stereocenters. The number of carbonyl (C=O) groups excluding carboxylic acids is 2. The Labute approximate surface area is 152 Å². The summed E-state index contributed by atoms with van der Waals surface area (Å²) in [5.41, 5.74) is 1.07. The normalized spacial score (nSPS) is 23.2. The van der Waals surface area contributed by atoms with Crippen LogP contribution in [-0.4, -0.2) is 53.9 Å². The molecule has 6 heteroatoms. The molecule has 0 aliphatic carbocycles. The van der Waals surface area contributed by atoms with Crippen molar-refractivity contribution in [3.63, 3.8) is 0 Å². The Kier molecular flexibility index (Phi) is 4.75. The Balaban J connectivity index is 1.47. The van der Waals surface area contributed by atoms with Gasteiger partial charge in [-0.25, -0.2) is 0 Å². The third kappa shape index (κ3) is 3.24. The first-order valence-corrected chi connectivity index (χ1v) is 9.04. The van der Waals surface area contributed by atoms with Crippen molar-refractivity contribution < 1.29 is 18.7 Å². The summed E-state index contributed by atoms with van der Waals surface area (Å²) >= 11 is 0. The summed E-state index contributed by atoms with van der Waals surface area (Å²) in [5.74, 6) is 0.0826. The van der Waals surface area contributed by atoms with E-state index in [2.05, 4.69) is 0 Å². The Morgan fingerprint density at radius 2 is 1.88 bits per heavy atom. The maximum Gasteiger partial charge on any atom is 0.290 e. The smallest absolute Gasteiger partial charge is 0.290 e. The van der Waals surface area contributed by atoms with Crippen LogP contribution in [0.1, 0.15) is 35.1 Å². The van der Waals surface area contributed by atoms with Crippen molar-refractivity contribution in [1.29, 1.82) is 0 Å². The van der Waals surface area contributed by atoms with Crippen LogP contribution in [0.3, 0.4) is 0 Å². The van der Waals surface area contributed by atoms with Crippen LogP contribution in [0, 0.1) is 0 Å². The van der Waals surface area contributed by atoms with Gasteiger partial charge in [-0.05, 0) is 30.5 Å². The Hall–Kier alpha value is -2.60. The molecule has 2 aromatic rings. The summed E-state index contributed by atoms with van der Waals surface area (Å²) < 4.78 is 11.1.